The Morgan fingerprint density at radius 1 is 1.41 bits per heavy atom. The van der Waals surface area contributed by atoms with Crippen LogP contribution in [0.2, 0.25) is 0 Å². The van der Waals surface area contributed by atoms with Crippen molar-refractivity contribution in [2.75, 3.05) is 19.6 Å². The van der Waals surface area contributed by atoms with Crippen LogP contribution < -0.4 is 10.6 Å². The molecule has 0 unspecified atom stereocenters. The Kier molecular flexibility index (Phi) is 4.74. The molecule has 1 atom stereocenters. The van der Waals surface area contributed by atoms with Gasteiger partial charge in [-0.25, -0.2) is 0 Å². The largest absolute Gasteiger partial charge is 0.349 e. The number of nitrogens with one attached hydrogen (secondary N) is 2. The van der Waals surface area contributed by atoms with E-state index in [1.165, 1.54) is 12.8 Å². The molecule has 1 fully saturated rings. The number of hydrogen-bond donors (Lipinski definition) is 2. The molecule has 3 heterocycles. The van der Waals surface area contributed by atoms with Crippen LogP contribution in [0.25, 0.3) is 0 Å². The Labute approximate surface area is 128 Å². The fraction of sp³-hybridized carbons (Fsp3) is 0.615. The summed E-state index contributed by atoms with van der Waals surface area (Å²) in [6.07, 6.45) is 7.44. The van der Waals surface area contributed by atoms with Gasteiger partial charge in [-0.15, -0.1) is 10.2 Å². The molecule has 2 aromatic heterocycles. The monoisotopic (exact) mass is 304 g/mol. The molecule has 0 aliphatic carbocycles. The van der Waals surface area contributed by atoms with Crippen molar-refractivity contribution in [2.24, 2.45) is 5.92 Å². The van der Waals surface area contributed by atoms with E-state index < -0.39 is 0 Å². The van der Waals surface area contributed by atoms with Gasteiger partial charge in [0.05, 0.1) is 18.9 Å². The summed E-state index contributed by atoms with van der Waals surface area (Å²) in [6, 6.07) is 0. The van der Waals surface area contributed by atoms with E-state index >= 15 is 0 Å². The fourth-order valence-electron chi connectivity index (χ4n) is 2.56. The zero-order valence-electron chi connectivity index (χ0n) is 12.4. The summed E-state index contributed by atoms with van der Waals surface area (Å²) in [6.45, 7) is 3.94. The molecule has 9 nitrogen and oxygen atoms in total. The van der Waals surface area contributed by atoms with E-state index in [0.717, 1.165) is 19.6 Å². The molecule has 0 bridgehead atoms. The van der Waals surface area contributed by atoms with Gasteiger partial charge in [0.25, 0.3) is 5.91 Å². The van der Waals surface area contributed by atoms with Crippen LogP contribution in [0.3, 0.4) is 0 Å². The molecule has 1 amide bonds. The second kappa shape index (κ2) is 7.12. The number of amides is 1. The van der Waals surface area contributed by atoms with Crippen molar-refractivity contribution in [1.82, 2.24) is 40.6 Å². The van der Waals surface area contributed by atoms with Crippen LogP contribution >= 0.6 is 0 Å². The summed E-state index contributed by atoms with van der Waals surface area (Å²) in [5, 5.41) is 21.7. The van der Waals surface area contributed by atoms with Gasteiger partial charge in [0.2, 0.25) is 0 Å². The van der Waals surface area contributed by atoms with Gasteiger partial charge in [0.15, 0.2) is 5.69 Å². The lowest BCUT2D eigenvalue weighted by Crippen LogP contribution is -2.32. The van der Waals surface area contributed by atoms with Gasteiger partial charge >= 0.3 is 0 Å². The minimum absolute atomic E-state index is 0.215. The van der Waals surface area contributed by atoms with Crippen LogP contribution in [-0.4, -0.2) is 55.5 Å². The standard InChI is InChI=1S/C13H20N8O/c22-13(15-4-6-20-7-5-16-18-20)12-10-21(19-17-12)9-11-2-1-3-14-8-11/h5,7,10-11,14H,1-4,6,8-9H2,(H,15,22)/t11-/m1/s1. The predicted octanol–water partition coefficient (Wildman–Crippen LogP) is -0.701. The first kappa shape index (κ1) is 14.6. The van der Waals surface area contributed by atoms with Crippen molar-refractivity contribution in [1.29, 1.82) is 0 Å². The van der Waals surface area contributed by atoms with Crippen LogP contribution in [0.15, 0.2) is 18.6 Å². The van der Waals surface area contributed by atoms with E-state index in [4.69, 9.17) is 0 Å². The van der Waals surface area contributed by atoms with E-state index in [-0.39, 0.29) is 5.91 Å². The van der Waals surface area contributed by atoms with Gasteiger partial charge in [-0.2, -0.15) is 0 Å². The normalized spacial score (nSPS) is 18.3. The molecule has 1 aliphatic heterocycles. The Balaban J connectivity index is 1.46. The third-order valence-corrected chi connectivity index (χ3v) is 3.71. The van der Waals surface area contributed by atoms with Gasteiger partial charge < -0.3 is 10.6 Å². The van der Waals surface area contributed by atoms with Crippen LogP contribution in [0.1, 0.15) is 23.3 Å². The minimum Gasteiger partial charge on any atom is -0.349 e. The molecule has 1 saturated heterocycles. The van der Waals surface area contributed by atoms with Gasteiger partial charge in [-0.1, -0.05) is 10.4 Å². The number of carbonyl (C=O) groups is 1. The van der Waals surface area contributed by atoms with E-state index in [1.54, 1.807) is 28.0 Å². The molecule has 2 N–H and O–H groups in total. The summed E-state index contributed by atoms with van der Waals surface area (Å²) in [7, 11) is 0. The molecule has 118 valence electrons. The second-order valence-electron chi connectivity index (χ2n) is 5.46. The molecular formula is C13H20N8O. The van der Waals surface area contributed by atoms with Crippen molar-refractivity contribution >= 4 is 5.91 Å². The minimum atomic E-state index is -0.215. The van der Waals surface area contributed by atoms with Gasteiger partial charge in [-0.05, 0) is 31.8 Å². The third-order valence-electron chi connectivity index (χ3n) is 3.71. The lowest BCUT2D eigenvalue weighted by atomic mass is 10.00. The highest BCUT2D eigenvalue weighted by Gasteiger charge is 2.16. The fourth-order valence-corrected chi connectivity index (χ4v) is 2.56. The summed E-state index contributed by atoms with van der Waals surface area (Å²) in [4.78, 5) is 12.0. The maximum atomic E-state index is 12.0. The summed E-state index contributed by atoms with van der Waals surface area (Å²) in [5.74, 6) is 0.340. The lowest BCUT2D eigenvalue weighted by molar-refractivity contribution is 0.0946. The van der Waals surface area contributed by atoms with Crippen molar-refractivity contribution in [2.45, 2.75) is 25.9 Å². The number of piperidine rings is 1. The second-order valence-corrected chi connectivity index (χ2v) is 5.46. The van der Waals surface area contributed by atoms with Gasteiger partial charge in [-0.3, -0.25) is 14.2 Å². The lowest BCUT2D eigenvalue weighted by Gasteiger charge is -2.22. The average molecular weight is 304 g/mol. The van der Waals surface area contributed by atoms with Crippen molar-refractivity contribution in [3.8, 4) is 0 Å². The van der Waals surface area contributed by atoms with Crippen LogP contribution in [0.5, 0.6) is 0 Å². The van der Waals surface area contributed by atoms with Crippen LogP contribution in [0.4, 0.5) is 0 Å². The van der Waals surface area contributed by atoms with Crippen LogP contribution in [0, 0.1) is 5.92 Å². The van der Waals surface area contributed by atoms with Gasteiger partial charge in [0.1, 0.15) is 0 Å². The molecule has 3 rings (SSSR count). The molecule has 22 heavy (non-hydrogen) atoms. The Morgan fingerprint density at radius 2 is 2.36 bits per heavy atom. The van der Waals surface area contributed by atoms with Gasteiger partial charge in [0, 0.05) is 19.3 Å². The maximum absolute atomic E-state index is 12.0. The van der Waals surface area contributed by atoms with E-state index in [9.17, 15) is 4.79 Å². The third kappa shape index (κ3) is 3.88. The zero-order chi connectivity index (χ0) is 15.2. The topological polar surface area (TPSA) is 103 Å². The number of hydrogen-bond acceptors (Lipinski definition) is 6. The first-order valence-electron chi connectivity index (χ1n) is 7.54. The Hall–Kier alpha value is -2.29. The zero-order valence-corrected chi connectivity index (χ0v) is 12.4. The number of carbonyl (C=O) groups excluding carboxylic acids is 1. The highest BCUT2D eigenvalue weighted by molar-refractivity contribution is 5.91. The predicted molar refractivity (Wildman–Crippen MR) is 78.0 cm³/mol. The summed E-state index contributed by atoms with van der Waals surface area (Å²) >= 11 is 0. The number of aromatic nitrogens is 6. The molecule has 9 heteroatoms. The maximum Gasteiger partial charge on any atom is 0.273 e. The SMILES string of the molecule is O=C(NCCn1ccnn1)c1cn(C[C@@H]2CCCNC2)nn1. The van der Waals surface area contributed by atoms with Crippen molar-refractivity contribution < 1.29 is 4.79 Å². The highest BCUT2D eigenvalue weighted by Crippen LogP contribution is 2.11. The smallest absolute Gasteiger partial charge is 0.273 e. The highest BCUT2D eigenvalue weighted by atomic mass is 16.2. The Morgan fingerprint density at radius 3 is 3.14 bits per heavy atom. The summed E-state index contributed by atoms with van der Waals surface area (Å²) in [5.41, 5.74) is 0.349. The summed E-state index contributed by atoms with van der Waals surface area (Å²) < 4.78 is 3.41. The number of rotatable bonds is 6. The van der Waals surface area contributed by atoms with Crippen molar-refractivity contribution in [3.63, 3.8) is 0 Å². The Bertz CT molecular complexity index is 587. The number of nitrogens with zero attached hydrogens (tertiary/aromatic N) is 6. The van der Waals surface area contributed by atoms with E-state index in [0.29, 0.717) is 24.7 Å². The first-order chi connectivity index (χ1) is 10.8. The van der Waals surface area contributed by atoms with E-state index in [2.05, 4.69) is 31.3 Å². The molecule has 0 saturated carbocycles. The van der Waals surface area contributed by atoms with E-state index in [1.807, 2.05) is 0 Å². The van der Waals surface area contributed by atoms with Crippen LogP contribution in [-0.2, 0) is 13.1 Å². The first-order valence-corrected chi connectivity index (χ1v) is 7.54. The van der Waals surface area contributed by atoms with Crippen molar-refractivity contribution in [3.05, 3.63) is 24.3 Å². The molecular weight excluding hydrogens is 284 g/mol. The average Bonchev–Trinajstić information content (AvgIpc) is 3.20. The molecule has 0 spiro atoms. The molecule has 2 aromatic rings. The molecule has 0 aromatic carbocycles. The quantitative estimate of drug-likeness (QED) is 0.731. The molecule has 0 radical (unpaired) electrons. The molecule has 1 aliphatic rings.